The molecular weight excluding hydrogens is 244 g/mol. The molecule has 2 rings (SSSR count). The smallest absolute Gasteiger partial charge is 0.144 e. The number of nitrogen functional groups attached to an aromatic ring is 1. The molecule has 18 heavy (non-hydrogen) atoms. The van der Waals surface area contributed by atoms with Gasteiger partial charge >= 0.3 is 0 Å². The summed E-state index contributed by atoms with van der Waals surface area (Å²) in [5, 5.41) is 0.902. The van der Waals surface area contributed by atoms with Gasteiger partial charge in [-0.2, -0.15) is 0 Å². The van der Waals surface area contributed by atoms with Gasteiger partial charge in [0.05, 0.1) is 12.1 Å². The van der Waals surface area contributed by atoms with Gasteiger partial charge < -0.3 is 5.73 Å². The maximum atomic E-state index is 11.9. The van der Waals surface area contributed by atoms with Gasteiger partial charge in [-0.05, 0) is 31.5 Å². The van der Waals surface area contributed by atoms with Gasteiger partial charge in [0.15, 0.2) is 0 Å². The van der Waals surface area contributed by atoms with Gasteiger partial charge in [0.25, 0.3) is 0 Å². The number of hydrogen-bond donors (Lipinski definition) is 1. The first-order valence-electron chi connectivity index (χ1n) is 5.83. The minimum Gasteiger partial charge on any atom is -0.399 e. The predicted octanol–water partition coefficient (Wildman–Crippen LogP) is 2.70. The van der Waals surface area contributed by atoms with Crippen LogP contribution in [0.15, 0.2) is 24.3 Å². The Bertz CT molecular complexity index is 555. The predicted molar refractivity (Wildman–Crippen MR) is 74.9 cm³/mol. The zero-order chi connectivity index (χ0) is 13.1. The van der Waals surface area contributed by atoms with Crippen molar-refractivity contribution in [2.24, 2.45) is 0 Å². The number of Topliss-reactive ketones (excluding diaryl/α,β-unsaturated/α-hetero) is 1. The first-order chi connectivity index (χ1) is 8.54. The molecule has 0 bridgehead atoms. The second-order valence-corrected chi connectivity index (χ2v) is 5.67. The highest BCUT2D eigenvalue weighted by Gasteiger charge is 2.10. The van der Waals surface area contributed by atoms with E-state index in [2.05, 4.69) is 4.98 Å². The molecule has 0 spiro atoms. The number of carbonyl (C=O) groups is 1. The van der Waals surface area contributed by atoms with Gasteiger partial charge in [-0.15, -0.1) is 11.3 Å². The van der Waals surface area contributed by atoms with Crippen LogP contribution < -0.4 is 5.73 Å². The van der Waals surface area contributed by atoms with E-state index in [9.17, 15) is 4.79 Å². The highest BCUT2D eigenvalue weighted by molar-refractivity contribution is 7.11. The van der Waals surface area contributed by atoms with E-state index in [1.54, 1.807) is 11.3 Å². The van der Waals surface area contributed by atoms with Crippen molar-refractivity contribution in [2.75, 3.05) is 5.73 Å². The van der Waals surface area contributed by atoms with Crippen LogP contribution >= 0.6 is 11.3 Å². The third kappa shape index (κ3) is 3.17. The van der Waals surface area contributed by atoms with Crippen LogP contribution in [0.5, 0.6) is 0 Å². The normalized spacial score (nSPS) is 10.6. The van der Waals surface area contributed by atoms with Crippen LogP contribution in [0, 0.1) is 13.8 Å². The first kappa shape index (κ1) is 12.8. The zero-order valence-corrected chi connectivity index (χ0v) is 11.4. The lowest BCUT2D eigenvalue weighted by atomic mass is 10.1. The molecule has 1 aromatic carbocycles. The number of nitrogens with zero attached hydrogens (tertiary/aromatic N) is 1. The molecule has 0 saturated carbocycles. The second kappa shape index (κ2) is 5.31. The lowest BCUT2D eigenvalue weighted by molar-refractivity contribution is -0.117. The molecule has 0 radical (unpaired) electrons. The summed E-state index contributed by atoms with van der Waals surface area (Å²) < 4.78 is 0. The summed E-state index contributed by atoms with van der Waals surface area (Å²) in [5.41, 5.74) is 8.37. The number of aromatic nitrogens is 1. The van der Waals surface area contributed by atoms with Crippen LogP contribution in [0.3, 0.4) is 0 Å². The lowest BCUT2D eigenvalue weighted by Gasteiger charge is -2.01. The van der Waals surface area contributed by atoms with Gasteiger partial charge in [-0.3, -0.25) is 4.79 Å². The summed E-state index contributed by atoms with van der Waals surface area (Å²) in [7, 11) is 0. The molecule has 0 aliphatic rings. The van der Waals surface area contributed by atoms with Gasteiger partial charge in [-0.25, -0.2) is 4.98 Å². The van der Waals surface area contributed by atoms with Crippen LogP contribution in [0.1, 0.15) is 21.1 Å². The summed E-state index contributed by atoms with van der Waals surface area (Å²) in [5.74, 6) is 0.175. The lowest BCUT2D eigenvalue weighted by Crippen LogP contribution is -2.06. The summed E-state index contributed by atoms with van der Waals surface area (Å²) in [6.07, 6.45) is 0.830. The van der Waals surface area contributed by atoms with Crippen molar-refractivity contribution in [3.05, 3.63) is 45.4 Å². The van der Waals surface area contributed by atoms with E-state index in [0.717, 1.165) is 16.3 Å². The fourth-order valence-corrected chi connectivity index (χ4v) is 2.74. The third-order valence-electron chi connectivity index (χ3n) is 2.77. The number of nitrogens with two attached hydrogens (primary N) is 1. The summed E-state index contributed by atoms with van der Waals surface area (Å²) in [6, 6.07) is 7.46. The monoisotopic (exact) mass is 260 g/mol. The fraction of sp³-hybridized carbons (Fsp3) is 0.286. The van der Waals surface area contributed by atoms with E-state index in [-0.39, 0.29) is 5.78 Å². The number of anilines is 1. The van der Waals surface area contributed by atoms with E-state index < -0.39 is 0 Å². The van der Waals surface area contributed by atoms with Crippen molar-refractivity contribution >= 4 is 22.8 Å². The molecule has 1 aromatic heterocycles. The molecule has 0 saturated heterocycles. The van der Waals surface area contributed by atoms with Crippen molar-refractivity contribution in [3.8, 4) is 0 Å². The number of thiazole rings is 1. The maximum Gasteiger partial charge on any atom is 0.144 e. The molecule has 0 unspecified atom stereocenters. The van der Waals surface area contributed by atoms with E-state index in [1.165, 1.54) is 4.88 Å². The average molecular weight is 260 g/mol. The molecule has 2 aromatic rings. The summed E-state index contributed by atoms with van der Waals surface area (Å²) in [6.45, 7) is 4.00. The number of benzene rings is 1. The summed E-state index contributed by atoms with van der Waals surface area (Å²) in [4.78, 5) is 17.5. The van der Waals surface area contributed by atoms with Crippen LogP contribution in [-0.4, -0.2) is 10.8 Å². The SMILES string of the molecule is Cc1nc(CC(=O)Cc2cccc(N)c2)sc1C. The Balaban J connectivity index is 2.01. The highest BCUT2D eigenvalue weighted by Crippen LogP contribution is 2.17. The van der Waals surface area contributed by atoms with Gasteiger partial charge in [0, 0.05) is 17.0 Å². The molecule has 2 N–H and O–H groups in total. The molecule has 0 aliphatic carbocycles. The molecule has 4 heteroatoms. The van der Waals surface area contributed by atoms with Crippen molar-refractivity contribution in [1.82, 2.24) is 4.98 Å². The molecule has 94 valence electrons. The van der Waals surface area contributed by atoms with E-state index in [4.69, 9.17) is 5.73 Å². The Hall–Kier alpha value is -1.68. The maximum absolute atomic E-state index is 11.9. The van der Waals surface area contributed by atoms with E-state index in [1.807, 2.05) is 38.1 Å². The number of aryl methyl sites for hydroxylation is 2. The standard InChI is InChI=1S/C14H16N2OS/c1-9-10(2)18-14(16-9)8-13(17)7-11-4-3-5-12(15)6-11/h3-6H,7-8,15H2,1-2H3. The topological polar surface area (TPSA) is 56.0 Å². The van der Waals surface area contributed by atoms with Crippen LogP contribution in [0.25, 0.3) is 0 Å². The van der Waals surface area contributed by atoms with E-state index in [0.29, 0.717) is 18.5 Å². The first-order valence-corrected chi connectivity index (χ1v) is 6.65. The third-order valence-corrected chi connectivity index (χ3v) is 3.85. The van der Waals surface area contributed by atoms with Crippen molar-refractivity contribution < 1.29 is 4.79 Å². The summed E-state index contributed by atoms with van der Waals surface area (Å²) >= 11 is 1.60. The van der Waals surface area contributed by atoms with Gasteiger partial charge in [0.2, 0.25) is 0 Å². The van der Waals surface area contributed by atoms with Crippen LogP contribution in [-0.2, 0) is 17.6 Å². The molecule has 0 aliphatic heterocycles. The largest absolute Gasteiger partial charge is 0.399 e. The Morgan fingerprint density at radius 3 is 2.72 bits per heavy atom. The van der Waals surface area contributed by atoms with Crippen LogP contribution in [0.2, 0.25) is 0 Å². The molecule has 3 nitrogen and oxygen atoms in total. The Morgan fingerprint density at radius 2 is 2.11 bits per heavy atom. The molecular formula is C14H16N2OS. The Morgan fingerprint density at radius 1 is 1.33 bits per heavy atom. The number of rotatable bonds is 4. The van der Waals surface area contributed by atoms with Gasteiger partial charge in [0.1, 0.15) is 10.8 Å². The minimum absolute atomic E-state index is 0.175. The fourth-order valence-electron chi connectivity index (χ4n) is 1.78. The molecule has 0 amide bonds. The Labute approximate surface area is 111 Å². The highest BCUT2D eigenvalue weighted by atomic mass is 32.1. The van der Waals surface area contributed by atoms with Crippen molar-refractivity contribution in [3.63, 3.8) is 0 Å². The quantitative estimate of drug-likeness (QED) is 0.860. The van der Waals surface area contributed by atoms with Gasteiger partial charge in [-0.1, -0.05) is 12.1 Å². The zero-order valence-electron chi connectivity index (χ0n) is 10.6. The van der Waals surface area contributed by atoms with Crippen molar-refractivity contribution in [2.45, 2.75) is 26.7 Å². The number of ketones is 1. The Kier molecular flexibility index (Phi) is 3.77. The molecule has 0 atom stereocenters. The average Bonchev–Trinajstić information content (AvgIpc) is 2.57. The molecule has 1 heterocycles. The molecule has 0 fully saturated rings. The second-order valence-electron chi connectivity index (χ2n) is 4.39. The number of carbonyl (C=O) groups excluding carboxylic acids is 1. The minimum atomic E-state index is 0.175. The number of hydrogen-bond acceptors (Lipinski definition) is 4. The van der Waals surface area contributed by atoms with Crippen molar-refractivity contribution in [1.29, 1.82) is 0 Å². The van der Waals surface area contributed by atoms with Crippen LogP contribution in [0.4, 0.5) is 5.69 Å². The van der Waals surface area contributed by atoms with E-state index >= 15 is 0 Å².